The van der Waals surface area contributed by atoms with Crippen LogP contribution in [0, 0.1) is 0 Å². The molecule has 7 heteroatoms. The van der Waals surface area contributed by atoms with E-state index in [1.807, 2.05) is 60.7 Å². The first-order chi connectivity index (χ1) is 16.2. The van der Waals surface area contributed by atoms with Crippen molar-refractivity contribution in [3.63, 3.8) is 0 Å². The van der Waals surface area contributed by atoms with Gasteiger partial charge in [-0.1, -0.05) is 78.5 Å². The number of esters is 1. The van der Waals surface area contributed by atoms with Gasteiger partial charge in [-0.3, -0.25) is 0 Å². The molecule has 0 aliphatic carbocycles. The van der Waals surface area contributed by atoms with Crippen LogP contribution in [0.25, 0.3) is 0 Å². The third kappa shape index (κ3) is 6.01. The first-order valence-corrected chi connectivity index (χ1v) is 11.6. The Hall–Kier alpha value is -2.68. The zero-order valence-electron chi connectivity index (χ0n) is 17.9. The Morgan fingerprint density at radius 1 is 0.879 bits per heavy atom. The Morgan fingerprint density at radius 2 is 1.48 bits per heavy atom. The maximum Gasteiger partial charge on any atom is 0.338 e. The summed E-state index contributed by atoms with van der Waals surface area (Å²) in [6.07, 6.45) is -3.85. The van der Waals surface area contributed by atoms with Gasteiger partial charge in [0.05, 0.1) is 18.8 Å². The van der Waals surface area contributed by atoms with Gasteiger partial charge in [-0.15, -0.1) is 0 Å². The third-order valence-electron chi connectivity index (χ3n) is 5.33. The average molecular weight is 467 g/mol. The number of carbonyl (C=O) groups is 1. The van der Waals surface area contributed by atoms with Crippen LogP contribution in [-0.4, -0.2) is 52.6 Å². The molecule has 2 N–H and O–H groups in total. The van der Waals surface area contributed by atoms with Crippen molar-refractivity contribution in [3.8, 4) is 0 Å². The number of rotatable bonds is 8. The van der Waals surface area contributed by atoms with E-state index in [-0.39, 0.29) is 13.2 Å². The summed E-state index contributed by atoms with van der Waals surface area (Å²) >= 11 is 1.30. The monoisotopic (exact) mass is 466 g/mol. The minimum absolute atomic E-state index is 0.216. The van der Waals surface area contributed by atoms with Crippen LogP contribution in [0.4, 0.5) is 0 Å². The van der Waals surface area contributed by atoms with Crippen LogP contribution in [0.5, 0.6) is 0 Å². The van der Waals surface area contributed by atoms with Crippen molar-refractivity contribution in [2.75, 3.05) is 6.61 Å². The molecule has 1 aliphatic rings. The second-order valence-corrected chi connectivity index (χ2v) is 8.82. The number of hydrogen-bond donors (Lipinski definition) is 2. The topological polar surface area (TPSA) is 85.2 Å². The molecule has 5 atom stereocenters. The summed E-state index contributed by atoms with van der Waals surface area (Å²) in [4.78, 5) is 13.7. The van der Waals surface area contributed by atoms with Gasteiger partial charge in [0.1, 0.15) is 23.7 Å². The fourth-order valence-electron chi connectivity index (χ4n) is 3.64. The second kappa shape index (κ2) is 11.4. The van der Waals surface area contributed by atoms with E-state index in [0.717, 1.165) is 10.5 Å². The molecule has 0 bridgehead atoms. The van der Waals surface area contributed by atoms with Crippen LogP contribution in [-0.2, 0) is 20.8 Å². The molecule has 0 saturated carbocycles. The van der Waals surface area contributed by atoms with E-state index in [9.17, 15) is 15.0 Å². The molecule has 172 valence electrons. The summed E-state index contributed by atoms with van der Waals surface area (Å²) in [5.74, 6) is -0.574. The van der Waals surface area contributed by atoms with E-state index in [0.29, 0.717) is 5.56 Å². The van der Waals surface area contributed by atoms with Crippen LogP contribution < -0.4 is 0 Å². The molecule has 0 amide bonds. The number of thioether (sulfide) groups is 1. The molecule has 0 aromatic heterocycles. The molecule has 4 rings (SSSR count). The van der Waals surface area contributed by atoms with Gasteiger partial charge in [0.25, 0.3) is 0 Å². The quantitative estimate of drug-likeness (QED) is 0.490. The number of ether oxygens (including phenoxy) is 3. The Kier molecular flexibility index (Phi) is 8.15. The highest BCUT2D eigenvalue weighted by molar-refractivity contribution is 7.99. The van der Waals surface area contributed by atoms with Gasteiger partial charge < -0.3 is 24.4 Å². The normalized spacial score (nSPS) is 24.8. The van der Waals surface area contributed by atoms with Gasteiger partial charge in [0, 0.05) is 4.90 Å². The minimum atomic E-state index is -1.17. The lowest BCUT2D eigenvalue weighted by Gasteiger charge is -2.43. The van der Waals surface area contributed by atoms with Crippen LogP contribution in [0.15, 0.2) is 95.9 Å². The number of aliphatic hydroxyl groups excluding tert-OH is 2. The second-order valence-electron chi connectivity index (χ2n) is 7.64. The van der Waals surface area contributed by atoms with E-state index < -0.39 is 35.8 Å². The summed E-state index contributed by atoms with van der Waals surface area (Å²) in [5.41, 5.74) is 0.526. The van der Waals surface area contributed by atoms with Gasteiger partial charge in [0.15, 0.2) is 6.10 Å². The summed E-state index contributed by atoms with van der Waals surface area (Å²) in [7, 11) is 0. The van der Waals surface area contributed by atoms with Crippen molar-refractivity contribution >= 4 is 17.7 Å². The Bertz CT molecular complexity index is 1000. The van der Waals surface area contributed by atoms with Crippen LogP contribution in [0.3, 0.4) is 0 Å². The van der Waals surface area contributed by atoms with E-state index in [2.05, 4.69) is 0 Å². The van der Waals surface area contributed by atoms with Crippen LogP contribution in [0.2, 0.25) is 0 Å². The summed E-state index contributed by atoms with van der Waals surface area (Å²) in [6.45, 7) is -0.134. The fourth-order valence-corrected chi connectivity index (χ4v) is 4.72. The molecule has 3 aromatic rings. The molecule has 3 aromatic carbocycles. The lowest BCUT2D eigenvalue weighted by atomic mass is 9.99. The Balaban J connectivity index is 1.57. The summed E-state index contributed by atoms with van der Waals surface area (Å²) < 4.78 is 17.8. The van der Waals surface area contributed by atoms with E-state index in [1.54, 1.807) is 30.3 Å². The minimum Gasteiger partial charge on any atom is -0.453 e. The molecule has 1 aliphatic heterocycles. The molecular formula is C26H26O6S. The molecule has 0 radical (unpaired) electrons. The maximum atomic E-state index is 12.8. The predicted octanol–water partition coefficient (Wildman–Crippen LogP) is 3.67. The number of hydrogen-bond acceptors (Lipinski definition) is 7. The maximum absolute atomic E-state index is 12.8. The fraction of sp³-hybridized carbons (Fsp3) is 0.269. The highest BCUT2D eigenvalue weighted by Crippen LogP contribution is 2.36. The van der Waals surface area contributed by atoms with Crippen molar-refractivity contribution in [1.29, 1.82) is 0 Å². The number of carbonyl (C=O) groups excluding carboxylic acids is 1. The van der Waals surface area contributed by atoms with Gasteiger partial charge in [-0.05, 0) is 29.8 Å². The lowest BCUT2D eigenvalue weighted by Crippen LogP contribution is -2.59. The molecule has 1 fully saturated rings. The van der Waals surface area contributed by atoms with E-state index in [1.165, 1.54) is 11.8 Å². The van der Waals surface area contributed by atoms with E-state index >= 15 is 0 Å². The van der Waals surface area contributed by atoms with Crippen LogP contribution in [0.1, 0.15) is 15.9 Å². The average Bonchev–Trinajstić information content (AvgIpc) is 2.87. The molecule has 1 saturated heterocycles. The van der Waals surface area contributed by atoms with Crippen LogP contribution >= 0.6 is 11.8 Å². The van der Waals surface area contributed by atoms with Crippen molar-refractivity contribution in [3.05, 3.63) is 102 Å². The van der Waals surface area contributed by atoms with Crippen molar-refractivity contribution in [2.24, 2.45) is 0 Å². The Morgan fingerprint density at radius 3 is 2.12 bits per heavy atom. The largest absolute Gasteiger partial charge is 0.453 e. The zero-order valence-corrected chi connectivity index (χ0v) is 18.7. The number of benzene rings is 3. The standard InChI is InChI=1S/C26H26O6S/c27-16-21-23(30-17-18-10-4-1-5-11-18)24(32-25(29)19-12-6-2-7-13-19)22(28)26(31-21)33-20-14-8-3-9-15-20/h1-15,21-24,26-28H,16-17H2/t21?,22?,23-,24?,26+/m0/s1. The van der Waals surface area contributed by atoms with Crippen molar-refractivity contribution in [2.45, 2.75) is 41.4 Å². The zero-order chi connectivity index (χ0) is 23.0. The molecule has 1 heterocycles. The molecule has 6 nitrogen and oxygen atoms in total. The van der Waals surface area contributed by atoms with Crippen molar-refractivity contribution < 1.29 is 29.2 Å². The first-order valence-electron chi connectivity index (χ1n) is 10.7. The molecular weight excluding hydrogens is 440 g/mol. The SMILES string of the molecule is O=C(OC1C(O)[C@@H](Sc2ccccc2)OC(CO)[C@@H]1OCc1ccccc1)c1ccccc1. The van der Waals surface area contributed by atoms with Gasteiger partial charge in [0.2, 0.25) is 0 Å². The van der Waals surface area contributed by atoms with Gasteiger partial charge in [-0.2, -0.15) is 0 Å². The highest BCUT2D eigenvalue weighted by atomic mass is 32.2. The molecule has 0 spiro atoms. The van der Waals surface area contributed by atoms with E-state index in [4.69, 9.17) is 14.2 Å². The Labute approximate surface area is 197 Å². The molecule has 3 unspecified atom stereocenters. The van der Waals surface area contributed by atoms with Gasteiger partial charge in [-0.25, -0.2) is 4.79 Å². The highest BCUT2D eigenvalue weighted by Gasteiger charge is 2.48. The van der Waals surface area contributed by atoms with Gasteiger partial charge >= 0.3 is 5.97 Å². The summed E-state index contributed by atoms with van der Waals surface area (Å²) in [5, 5.41) is 21.2. The molecule has 33 heavy (non-hydrogen) atoms. The summed E-state index contributed by atoms with van der Waals surface area (Å²) in [6, 6.07) is 27.6. The third-order valence-corrected chi connectivity index (χ3v) is 6.49. The predicted molar refractivity (Wildman–Crippen MR) is 125 cm³/mol. The lowest BCUT2D eigenvalue weighted by molar-refractivity contribution is -0.224. The smallest absolute Gasteiger partial charge is 0.338 e. The first kappa shape index (κ1) is 23.5. The number of aliphatic hydroxyl groups is 2. The van der Waals surface area contributed by atoms with Crippen molar-refractivity contribution in [1.82, 2.24) is 0 Å².